The molecule has 1 aromatic rings. The summed E-state index contributed by atoms with van der Waals surface area (Å²) < 4.78 is 0. The molecule has 0 bridgehead atoms. The quantitative estimate of drug-likeness (QED) is 0.739. The van der Waals surface area contributed by atoms with E-state index >= 15 is 0 Å². The summed E-state index contributed by atoms with van der Waals surface area (Å²) in [4.78, 5) is 11.7. The lowest BCUT2D eigenvalue weighted by Crippen LogP contribution is -2.31. The van der Waals surface area contributed by atoms with Crippen LogP contribution in [0.3, 0.4) is 0 Å². The van der Waals surface area contributed by atoms with Crippen LogP contribution < -0.4 is 0 Å². The van der Waals surface area contributed by atoms with Gasteiger partial charge >= 0.3 is 0 Å². The molecule has 0 aliphatic carbocycles. The third-order valence-electron chi connectivity index (χ3n) is 2.33. The third kappa shape index (κ3) is 2.64. The second-order valence-corrected chi connectivity index (χ2v) is 4.19. The van der Waals surface area contributed by atoms with Crippen molar-refractivity contribution < 1.29 is 15.0 Å². The molecule has 0 atom stereocenters. The van der Waals surface area contributed by atoms with Crippen LogP contribution in [0.4, 0.5) is 0 Å². The first-order chi connectivity index (χ1) is 6.86. The Labute approximate surface area is 89.4 Å². The average molecular weight is 208 g/mol. The second kappa shape index (κ2) is 4.13. The van der Waals surface area contributed by atoms with Crippen molar-refractivity contribution in [1.29, 1.82) is 0 Å². The molecule has 3 heteroatoms. The summed E-state index contributed by atoms with van der Waals surface area (Å²) in [6.45, 7) is 4.71. The van der Waals surface area contributed by atoms with Crippen molar-refractivity contribution in [2.45, 2.75) is 33.0 Å². The molecule has 1 aromatic carbocycles. The Morgan fingerprint density at radius 2 is 2.00 bits per heavy atom. The molecule has 82 valence electrons. The zero-order valence-electron chi connectivity index (χ0n) is 9.24. The zero-order chi connectivity index (χ0) is 11.6. The Bertz CT molecular complexity index is 375. The van der Waals surface area contributed by atoms with Crippen molar-refractivity contribution in [1.82, 2.24) is 0 Å². The molecule has 0 fully saturated rings. The maximum atomic E-state index is 11.7. The van der Waals surface area contributed by atoms with Crippen molar-refractivity contribution in [3.8, 4) is 0 Å². The molecule has 0 aromatic heterocycles. The minimum absolute atomic E-state index is 0.0389. The smallest absolute Gasteiger partial charge is 0.193 e. The van der Waals surface area contributed by atoms with Crippen LogP contribution in [0.2, 0.25) is 0 Å². The van der Waals surface area contributed by atoms with Gasteiger partial charge in [0, 0.05) is 5.56 Å². The van der Waals surface area contributed by atoms with Gasteiger partial charge in [-0.2, -0.15) is 0 Å². The van der Waals surface area contributed by atoms with Gasteiger partial charge in [-0.05, 0) is 38.0 Å². The van der Waals surface area contributed by atoms with Crippen molar-refractivity contribution in [3.63, 3.8) is 0 Å². The van der Waals surface area contributed by atoms with Gasteiger partial charge in [-0.1, -0.05) is 12.1 Å². The number of hydrogen-bond acceptors (Lipinski definition) is 3. The Hall–Kier alpha value is -1.19. The SMILES string of the molecule is Cc1cc(C(=O)C(C)(C)O)ccc1CO. The van der Waals surface area contributed by atoms with Crippen LogP contribution in [-0.4, -0.2) is 21.6 Å². The lowest BCUT2D eigenvalue weighted by molar-refractivity contribution is 0.0488. The highest BCUT2D eigenvalue weighted by Gasteiger charge is 2.25. The Balaban J connectivity index is 3.08. The molecule has 0 saturated heterocycles. The van der Waals surface area contributed by atoms with Gasteiger partial charge in [0.25, 0.3) is 0 Å². The zero-order valence-corrected chi connectivity index (χ0v) is 9.24. The molecule has 1 rings (SSSR count). The number of aryl methyl sites for hydroxylation is 1. The first-order valence-electron chi connectivity index (χ1n) is 4.84. The maximum Gasteiger partial charge on any atom is 0.193 e. The molecule has 0 aliphatic heterocycles. The van der Waals surface area contributed by atoms with Gasteiger partial charge < -0.3 is 10.2 Å². The molecule has 0 spiro atoms. The van der Waals surface area contributed by atoms with E-state index in [4.69, 9.17) is 5.11 Å². The lowest BCUT2D eigenvalue weighted by Gasteiger charge is -2.16. The largest absolute Gasteiger partial charge is 0.392 e. The summed E-state index contributed by atoms with van der Waals surface area (Å²) in [5, 5.41) is 18.5. The van der Waals surface area contributed by atoms with Crippen LogP contribution in [0.5, 0.6) is 0 Å². The highest BCUT2D eigenvalue weighted by molar-refractivity contribution is 6.01. The van der Waals surface area contributed by atoms with Gasteiger partial charge in [0.15, 0.2) is 5.78 Å². The molecular formula is C12H16O3. The average Bonchev–Trinajstić information content (AvgIpc) is 2.15. The molecule has 0 amide bonds. The Morgan fingerprint density at radius 1 is 1.40 bits per heavy atom. The summed E-state index contributed by atoms with van der Waals surface area (Å²) in [6.07, 6.45) is 0. The van der Waals surface area contributed by atoms with E-state index in [0.717, 1.165) is 11.1 Å². The fourth-order valence-corrected chi connectivity index (χ4v) is 1.37. The van der Waals surface area contributed by atoms with Crippen LogP contribution >= 0.6 is 0 Å². The van der Waals surface area contributed by atoms with Gasteiger partial charge in [0.05, 0.1) is 6.61 Å². The lowest BCUT2D eigenvalue weighted by atomic mass is 9.94. The molecule has 0 radical (unpaired) electrons. The van der Waals surface area contributed by atoms with Crippen LogP contribution in [0.15, 0.2) is 18.2 Å². The van der Waals surface area contributed by atoms with Crippen LogP contribution in [0.25, 0.3) is 0 Å². The van der Waals surface area contributed by atoms with E-state index in [1.54, 1.807) is 18.2 Å². The van der Waals surface area contributed by atoms with Crippen molar-refractivity contribution in [2.24, 2.45) is 0 Å². The van der Waals surface area contributed by atoms with Crippen LogP contribution in [0.1, 0.15) is 35.3 Å². The van der Waals surface area contributed by atoms with E-state index in [9.17, 15) is 9.90 Å². The van der Waals surface area contributed by atoms with E-state index in [2.05, 4.69) is 0 Å². The number of aliphatic hydroxyl groups excluding tert-OH is 1. The number of ketones is 1. The van der Waals surface area contributed by atoms with Gasteiger partial charge in [0.1, 0.15) is 5.60 Å². The Kier molecular flexibility index (Phi) is 3.27. The molecule has 2 N–H and O–H groups in total. The molecule has 0 aliphatic rings. The van der Waals surface area contributed by atoms with E-state index in [1.807, 2.05) is 6.92 Å². The minimum Gasteiger partial charge on any atom is -0.392 e. The fraction of sp³-hybridized carbons (Fsp3) is 0.417. The second-order valence-electron chi connectivity index (χ2n) is 4.19. The summed E-state index contributed by atoms with van der Waals surface area (Å²) in [5.41, 5.74) is 0.764. The Morgan fingerprint density at radius 3 is 2.40 bits per heavy atom. The summed E-state index contributed by atoms with van der Waals surface area (Å²) in [5.74, 6) is -0.310. The van der Waals surface area contributed by atoms with Gasteiger partial charge in [-0.15, -0.1) is 0 Å². The molecule has 0 unspecified atom stereocenters. The predicted molar refractivity (Wildman–Crippen MR) is 57.7 cm³/mol. The molecule has 15 heavy (non-hydrogen) atoms. The van der Waals surface area contributed by atoms with E-state index in [1.165, 1.54) is 13.8 Å². The first-order valence-corrected chi connectivity index (χ1v) is 4.84. The summed E-state index contributed by atoms with van der Waals surface area (Å²) in [6, 6.07) is 5.01. The van der Waals surface area contributed by atoms with Crippen molar-refractivity contribution in [2.75, 3.05) is 0 Å². The standard InChI is InChI=1S/C12H16O3/c1-8-6-9(4-5-10(8)7-13)11(14)12(2,3)15/h4-6,13,15H,7H2,1-3H3. The molecule has 3 nitrogen and oxygen atoms in total. The van der Waals surface area contributed by atoms with Crippen LogP contribution in [-0.2, 0) is 6.61 Å². The van der Waals surface area contributed by atoms with Crippen LogP contribution in [0, 0.1) is 6.92 Å². The molecule has 0 heterocycles. The van der Waals surface area contributed by atoms with Crippen molar-refractivity contribution in [3.05, 3.63) is 34.9 Å². The first kappa shape index (κ1) is 11.9. The highest BCUT2D eigenvalue weighted by Crippen LogP contribution is 2.16. The number of hydrogen-bond donors (Lipinski definition) is 2. The van der Waals surface area contributed by atoms with E-state index < -0.39 is 5.60 Å². The third-order valence-corrected chi connectivity index (χ3v) is 2.33. The molecule has 0 saturated carbocycles. The van der Waals surface area contributed by atoms with Crippen molar-refractivity contribution >= 4 is 5.78 Å². The summed E-state index contributed by atoms with van der Waals surface area (Å²) in [7, 11) is 0. The minimum atomic E-state index is -1.35. The number of carbonyl (C=O) groups excluding carboxylic acids is 1. The number of rotatable bonds is 3. The van der Waals surface area contributed by atoms with Gasteiger partial charge in [0.2, 0.25) is 0 Å². The van der Waals surface area contributed by atoms with E-state index in [0.29, 0.717) is 5.56 Å². The van der Waals surface area contributed by atoms with Gasteiger partial charge in [-0.3, -0.25) is 4.79 Å². The normalized spacial score (nSPS) is 11.5. The number of aliphatic hydroxyl groups is 2. The van der Waals surface area contributed by atoms with Gasteiger partial charge in [-0.25, -0.2) is 0 Å². The number of benzene rings is 1. The topological polar surface area (TPSA) is 57.5 Å². The maximum absolute atomic E-state index is 11.7. The highest BCUT2D eigenvalue weighted by atomic mass is 16.3. The monoisotopic (exact) mass is 208 g/mol. The predicted octanol–water partition coefficient (Wildman–Crippen LogP) is 1.44. The fourth-order valence-electron chi connectivity index (χ4n) is 1.37. The number of Topliss-reactive ketones (excluding diaryl/α,β-unsaturated/α-hetero) is 1. The summed E-state index contributed by atoms with van der Waals surface area (Å²) >= 11 is 0. The molecular weight excluding hydrogens is 192 g/mol. The number of carbonyl (C=O) groups is 1. The van der Waals surface area contributed by atoms with E-state index in [-0.39, 0.29) is 12.4 Å².